The lowest BCUT2D eigenvalue weighted by Crippen LogP contribution is -2.22. The largest absolute Gasteiger partial charge is 0.399 e. The molecule has 1 amide bonds. The molecule has 0 fully saturated rings. The van der Waals surface area contributed by atoms with E-state index in [1.807, 2.05) is 0 Å². The van der Waals surface area contributed by atoms with Crippen molar-refractivity contribution in [3.8, 4) is 6.07 Å². The SMILES string of the molecule is N#Cc1ccc(N)c(N2C(=O)Cc3cc(N)ccc32)c1. The third-order valence-electron chi connectivity index (χ3n) is 3.34. The van der Waals surface area contributed by atoms with Crippen LogP contribution in [0.15, 0.2) is 36.4 Å². The first-order valence-electron chi connectivity index (χ1n) is 6.11. The molecule has 0 saturated carbocycles. The minimum atomic E-state index is -0.0765. The van der Waals surface area contributed by atoms with Gasteiger partial charge in [0.15, 0.2) is 0 Å². The number of benzene rings is 2. The fourth-order valence-corrected chi connectivity index (χ4v) is 2.41. The molecule has 0 bridgehead atoms. The van der Waals surface area contributed by atoms with Crippen LogP contribution in [-0.4, -0.2) is 5.91 Å². The van der Waals surface area contributed by atoms with Gasteiger partial charge in [-0.15, -0.1) is 0 Å². The van der Waals surface area contributed by atoms with Crippen molar-refractivity contribution < 1.29 is 4.79 Å². The molecule has 2 aromatic rings. The normalized spacial score (nSPS) is 13.2. The average Bonchev–Trinajstić information content (AvgIpc) is 2.74. The minimum absolute atomic E-state index is 0.0765. The van der Waals surface area contributed by atoms with Crippen LogP contribution in [0.2, 0.25) is 0 Å². The van der Waals surface area contributed by atoms with Gasteiger partial charge in [-0.3, -0.25) is 9.69 Å². The van der Waals surface area contributed by atoms with Gasteiger partial charge in [-0.2, -0.15) is 5.26 Å². The second-order valence-corrected chi connectivity index (χ2v) is 4.68. The molecule has 2 aromatic carbocycles. The molecule has 0 aliphatic carbocycles. The van der Waals surface area contributed by atoms with E-state index in [1.54, 1.807) is 41.3 Å². The number of carbonyl (C=O) groups is 1. The van der Waals surface area contributed by atoms with Gasteiger partial charge in [-0.05, 0) is 42.0 Å². The first-order chi connectivity index (χ1) is 9.60. The molecule has 1 aliphatic rings. The van der Waals surface area contributed by atoms with E-state index in [2.05, 4.69) is 6.07 Å². The number of anilines is 4. The Labute approximate surface area is 116 Å². The van der Waals surface area contributed by atoms with E-state index in [9.17, 15) is 4.79 Å². The average molecular weight is 264 g/mol. The number of hydrogen-bond acceptors (Lipinski definition) is 4. The number of carbonyl (C=O) groups excluding carboxylic acids is 1. The van der Waals surface area contributed by atoms with Crippen LogP contribution in [-0.2, 0) is 11.2 Å². The molecule has 1 heterocycles. The van der Waals surface area contributed by atoms with Crippen molar-refractivity contribution in [3.63, 3.8) is 0 Å². The zero-order valence-electron chi connectivity index (χ0n) is 10.6. The van der Waals surface area contributed by atoms with Crippen molar-refractivity contribution in [3.05, 3.63) is 47.5 Å². The Morgan fingerprint density at radius 3 is 2.65 bits per heavy atom. The molecule has 0 saturated heterocycles. The highest BCUT2D eigenvalue weighted by molar-refractivity contribution is 6.09. The van der Waals surface area contributed by atoms with Gasteiger partial charge in [-0.1, -0.05) is 0 Å². The topological polar surface area (TPSA) is 96.1 Å². The molecule has 20 heavy (non-hydrogen) atoms. The van der Waals surface area contributed by atoms with Crippen LogP contribution in [0.25, 0.3) is 0 Å². The quantitative estimate of drug-likeness (QED) is 0.769. The summed E-state index contributed by atoms with van der Waals surface area (Å²) in [5, 5.41) is 8.98. The summed E-state index contributed by atoms with van der Waals surface area (Å²) in [6.45, 7) is 0. The fourth-order valence-electron chi connectivity index (χ4n) is 2.41. The van der Waals surface area contributed by atoms with Crippen LogP contribution in [0.1, 0.15) is 11.1 Å². The predicted molar refractivity (Wildman–Crippen MR) is 77.3 cm³/mol. The van der Waals surface area contributed by atoms with Gasteiger partial charge < -0.3 is 11.5 Å². The molecule has 5 heteroatoms. The zero-order valence-corrected chi connectivity index (χ0v) is 10.6. The number of nitriles is 1. The summed E-state index contributed by atoms with van der Waals surface area (Å²) in [7, 11) is 0. The third kappa shape index (κ3) is 1.75. The van der Waals surface area contributed by atoms with Crippen molar-refractivity contribution in [2.45, 2.75) is 6.42 Å². The summed E-state index contributed by atoms with van der Waals surface area (Å²) < 4.78 is 0. The summed E-state index contributed by atoms with van der Waals surface area (Å²) in [6.07, 6.45) is 0.288. The second kappa shape index (κ2) is 4.28. The molecule has 0 atom stereocenters. The van der Waals surface area contributed by atoms with Gasteiger partial charge in [-0.25, -0.2) is 0 Å². The molecule has 0 radical (unpaired) electrons. The molecular weight excluding hydrogens is 252 g/mol. The summed E-state index contributed by atoms with van der Waals surface area (Å²) in [5.41, 5.74) is 15.4. The van der Waals surface area contributed by atoms with Crippen LogP contribution < -0.4 is 16.4 Å². The monoisotopic (exact) mass is 264 g/mol. The first-order valence-corrected chi connectivity index (χ1v) is 6.11. The molecule has 0 aromatic heterocycles. The highest BCUT2D eigenvalue weighted by Gasteiger charge is 2.29. The first kappa shape index (κ1) is 12.1. The predicted octanol–water partition coefficient (Wildman–Crippen LogP) is 1.94. The van der Waals surface area contributed by atoms with E-state index < -0.39 is 0 Å². The molecular formula is C15H12N4O. The van der Waals surface area contributed by atoms with Gasteiger partial charge in [0.1, 0.15) is 0 Å². The Kier molecular flexibility index (Phi) is 2.58. The number of nitrogens with zero attached hydrogens (tertiary/aromatic N) is 2. The van der Waals surface area contributed by atoms with Crippen molar-refractivity contribution in [2.75, 3.05) is 16.4 Å². The molecule has 1 aliphatic heterocycles. The maximum Gasteiger partial charge on any atom is 0.236 e. The van der Waals surface area contributed by atoms with Gasteiger partial charge >= 0.3 is 0 Å². The Morgan fingerprint density at radius 1 is 1.10 bits per heavy atom. The highest BCUT2D eigenvalue weighted by Crippen LogP contribution is 2.39. The van der Waals surface area contributed by atoms with Crippen LogP contribution in [0, 0.1) is 11.3 Å². The minimum Gasteiger partial charge on any atom is -0.399 e. The lowest BCUT2D eigenvalue weighted by Gasteiger charge is -2.19. The van der Waals surface area contributed by atoms with Crippen molar-refractivity contribution >= 4 is 28.7 Å². The number of nitrogens with two attached hydrogens (primary N) is 2. The van der Waals surface area contributed by atoms with E-state index in [0.29, 0.717) is 22.6 Å². The molecule has 4 N–H and O–H groups in total. The summed E-state index contributed by atoms with van der Waals surface area (Å²) in [4.78, 5) is 13.8. The molecule has 0 spiro atoms. The summed E-state index contributed by atoms with van der Waals surface area (Å²) >= 11 is 0. The number of nitrogen functional groups attached to an aromatic ring is 2. The summed E-state index contributed by atoms with van der Waals surface area (Å²) in [6, 6.07) is 12.3. The molecule has 3 rings (SSSR count). The lowest BCUT2D eigenvalue weighted by molar-refractivity contribution is -0.116. The van der Waals surface area contributed by atoms with Gasteiger partial charge in [0.25, 0.3) is 0 Å². The van der Waals surface area contributed by atoms with Crippen LogP contribution >= 0.6 is 0 Å². The smallest absolute Gasteiger partial charge is 0.236 e. The Hall–Kier alpha value is -3.00. The zero-order chi connectivity index (χ0) is 14.3. The van der Waals surface area contributed by atoms with Crippen LogP contribution in [0.3, 0.4) is 0 Å². The van der Waals surface area contributed by atoms with Crippen LogP contribution in [0.5, 0.6) is 0 Å². The van der Waals surface area contributed by atoms with Crippen LogP contribution in [0.4, 0.5) is 22.7 Å². The van der Waals surface area contributed by atoms with Crippen molar-refractivity contribution in [1.29, 1.82) is 5.26 Å². The molecule has 98 valence electrons. The standard InChI is InChI=1S/C15H12N4O/c16-8-9-1-3-12(18)14(5-9)19-13-4-2-11(17)6-10(13)7-15(19)20/h1-6H,7,17-18H2. The third-order valence-corrected chi connectivity index (χ3v) is 3.34. The summed E-state index contributed by atoms with van der Waals surface area (Å²) in [5.74, 6) is -0.0765. The lowest BCUT2D eigenvalue weighted by atomic mass is 10.1. The number of rotatable bonds is 1. The van der Waals surface area contributed by atoms with E-state index >= 15 is 0 Å². The maximum atomic E-state index is 12.2. The van der Waals surface area contributed by atoms with Gasteiger partial charge in [0.2, 0.25) is 5.91 Å². The van der Waals surface area contributed by atoms with Crippen molar-refractivity contribution in [2.24, 2.45) is 0 Å². The Bertz CT molecular complexity index is 761. The highest BCUT2D eigenvalue weighted by atomic mass is 16.2. The molecule has 5 nitrogen and oxygen atoms in total. The Balaban J connectivity index is 2.17. The van der Waals surface area contributed by atoms with E-state index in [4.69, 9.17) is 16.7 Å². The van der Waals surface area contributed by atoms with E-state index in [0.717, 1.165) is 11.3 Å². The Morgan fingerprint density at radius 2 is 1.90 bits per heavy atom. The second-order valence-electron chi connectivity index (χ2n) is 4.68. The maximum absolute atomic E-state index is 12.2. The number of amides is 1. The number of hydrogen-bond donors (Lipinski definition) is 2. The van der Waals surface area contributed by atoms with Gasteiger partial charge in [0, 0.05) is 5.69 Å². The van der Waals surface area contributed by atoms with Gasteiger partial charge in [0.05, 0.1) is 35.1 Å². The fraction of sp³-hybridized carbons (Fsp3) is 0.0667. The number of fused-ring (bicyclic) bond motifs is 1. The molecule has 0 unspecified atom stereocenters. The van der Waals surface area contributed by atoms with E-state index in [-0.39, 0.29) is 12.3 Å². The van der Waals surface area contributed by atoms with E-state index in [1.165, 1.54) is 0 Å². The van der Waals surface area contributed by atoms with Crippen molar-refractivity contribution in [1.82, 2.24) is 0 Å².